The third kappa shape index (κ3) is 5.11. The minimum absolute atomic E-state index is 0.0920. The van der Waals surface area contributed by atoms with E-state index >= 15 is 0 Å². The second kappa shape index (κ2) is 6.36. The first kappa shape index (κ1) is 15.2. The Labute approximate surface area is 108 Å². The molecule has 0 spiro atoms. The van der Waals surface area contributed by atoms with Gasteiger partial charge < -0.3 is 5.32 Å². The van der Waals surface area contributed by atoms with Gasteiger partial charge in [0.05, 0.1) is 6.04 Å². The van der Waals surface area contributed by atoms with Crippen LogP contribution in [0.1, 0.15) is 19.3 Å². The average molecular weight is 273 g/mol. The largest absolute Gasteiger partial charge is 0.471 e. The molecule has 0 unspecified atom stereocenters. The Morgan fingerprint density at radius 2 is 2.05 bits per heavy atom. The maximum atomic E-state index is 12.2. The van der Waals surface area contributed by atoms with Gasteiger partial charge in [0.25, 0.3) is 0 Å². The molecule has 1 N–H and O–H groups in total. The van der Waals surface area contributed by atoms with E-state index in [-0.39, 0.29) is 25.0 Å². The Bertz CT molecular complexity index is 436. The lowest BCUT2D eigenvalue weighted by Gasteiger charge is -2.20. The predicted octanol–water partition coefficient (Wildman–Crippen LogP) is 2.46. The molecule has 1 aliphatic carbocycles. The molecule has 3 nitrogen and oxygen atoms in total. The van der Waals surface area contributed by atoms with Gasteiger partial charge >= 0.3 is 12.1 Å². The minimum Gasteiger partial charge on any atom is -0.341 e. The topological polar surface area (TPSA) is 46.2 Å². The van der Waals surface area contributed by atoms with Crippen molar-refractivity contribution in [1.29, 1.82) is 0 Å². The van der Waals surface area contributed by atoms with Gasteiger partial charge in [0.15, 0.2) is 0 Å². The quantitative estimate of drug-likeness (QED) is 0.797. The van der Waals surface area contributed by atoms with E-state index in [0.717, 1.165) is 0 Å². The summed E-state index contributed by atoms with van der Waals surface area (Å²) in [6.07, 6.45) is 1.89. The molecule has 0 fully saturated rings. The molecule has 0 saturated heterocycles. The number of Topliss-reactive ketones (excluding diaryl/α,β-unsaturated/α-hetero) is 1. The molecule has 0 aromatic heterocycles. The molecule has 0 aromatic rings. The van der Waals surface area contributed by atoms with E-state index in [4.69, 9.17) is 0 Å². The van der Waals surface area contributed by atoms with Gasteiger partial charge in [-0.2, -0.15) is 13.2 Å². The maximum Gasteiger partial charge on any atom is 0.471 e. The molecule has 0 heterocycles. The van der Waals surface area contributed by atoms with Gasteiger partial charge in [-0.25, -0.2) is 0 Å². The molecular weight excluding hydrogens is 259 g/mol. The number of hydrogen-bond acceptors (Lipinski definition) is 2. The minimum atomic E-state index is -4.94. The lowest BCUT2D eigenvalue weighted by Crippen LogP contribution is -2.43. The number of nitrogens with one attached hydrogen (secondary N) is 1. The number of carbonyl (C=O) groups excluding carboxylic acids is 2. The molecule has 1 atom stereocenters. The number of amides is 1. The highest BCUT2D eigenvalue weighted by molar-refractivity contribution is 5.83. The summed E-state index contributed by atoms with van der Waals surface area (Å²) in [6.45, 7) is 3.62. The molecule has 1 aliphatic rings. The predicted molar refractivity (Wildman–Crippen MR) is 64.3 cm³/mol. The highest BCUT2D eigenvalue weighted by Crippen LogP contribution is 2.18. The van der Waals surface area contributed by atoms with Gasteiger partial charge in [-0.05, 0) is 12.0 Å². The Balaban J connectivity index is 2.80. The van der Waals surface area contributed by atoms with Crippen molar-refractivity contribution >= 4 is 11.7 Å². The zero-order valence-electron chi connectivity index (χ0n) is 10.2. The smallest absolute Gasteiger partial charge is 0.341 e. The molecule has 0 bridgehead atoms. The second-order valence-electron chi connectivity index (χ2n) is 4.17. The van der Waals surface area contributed by atoms with Crippen LogP contribution in [0, 0.1) is 0 Å². The van der Waals surface area contributed by atoms with Crippen LogP contribution in [0.2, 0.25) is 0 Å². The lowest BCUT2D eigenvalue weighted by atomic mass is 9.99. The van der Waals surface area contributed by atoms with Crippen molar-refractivity contribution in [3.8, 4) is 0 Å². The van der Waals surface area contributed by atoms with Crippen LogP contribution in [0.4, 0.5) is 13.2 Å². The highest BCUT2D eigenvalue weighted by Gasteiger charge is 2.39. The fraction of sp³-hybridized carbons (Fsp3) is 0.385. The van der Waals surface area contributed by atoms with E-state index in [1.807, 2.05) is 5.32 Å². The van der Waals surface area contributed by atoms with Gasteiger partial charge in [0.1, 0.15) is 5.78 Å². The third-order valence-corrected chi connectivity index (χ3v) is 2.63. The molecule has 6 heteroatoms. The Morgan fingerprint density at radius 3 is 2.68 bits per heavy atom. The summed E-state index contributed by atoms with van der Waals surface area (Å²) >= 11 is 0. The van der Waals surface area contributed by atoms with E-state index in [1.165, 1.54) is 6.08 Å². The Morgan fingerprint density at radius 1 is 1.37 bits per heavy atom. The van der Waals surface area contributed by atoms with Crippen molar-refractivity contribution in [2.45, 2.75) is 31.5 Å². The maximum absolute atomic E-state index is 12.2. The van der Waals surface area contributed by atoms with Gasteiger partial charge in [-0.15, -0.1) is 0 Å². The number of ketones is 1. The average Bonchev–Trinajstić information content (AvgIpc) is 2.31. The summed E-state index contributed by atoms with van der Waals surface area (Å²) in [6, 6.07) is -0.888. The van der Waals surface area contributed by atoms with Crippen LogP contribution >= 0.6 is 0 Å². The van der Waals surface area contributed by atoms with Crippen LogP contribution in [-0.2, 0) is 9.59 Å². The van der Waals surface area contributed by atoms with E-state index in [9.17, 15) is 22.8 Å². The van der Waals surface area contributed by atoms with Gasteiger partial charge in [-0.1, -0.05) is 30.9 Å². The normalized spacial score (nSPS) is 24.7. The molecule has 104 valence electrons. The molecular formula is C13H14F3NO2. The highest BCUT2D eigenvalue weighted by atomic mass is 19.4. The monoisotopic (exact) mass is 273 g/mol. The van der Waals surface area contributed by atoms with Crippen molar-refractivity contribution in [3.05, 3.63) is 36.5 Å². The molecule has 0 aliphatic heterocycles. The van der Waals surface area contributed by atoms with Gasteiger partial charge in [0.2, 0.25) is 0 Å². The van der Waals surface area contributed by atoms with E-state index < -0.39 is 18.1 Å². The van der Waals surface area contributed by atoms with Crippen LogP contribution in [-0.4, -0.2) is 23.9 Å². The first-order chi connectivity index (χ1) is 8.80. The van der Waals surface area contributed by atoms with Crippen LogP contribution in [0.15, 0.2) is 36.5 Å². The van der Waals surface area contributed by atoms with Crippen LogP contribution in [0.5, 0.6) is 0 Å². The summed E-state index contributed by atoms with van der Waals surface area (Å²) < 4.78 is 36.6. The summed E-state index contributed by atoms with van der Waals surface area (Å²) in [5.74, 6) is -2.11. The van der Waals surface area contributed by atoms with Crippen molar-refractivity contribution in [3.63, 3.8) is 0 Å². The number of rotatable bonds is 1. The van der Waals surface area contributed by atoms with E-state index in [2.05, 4.69) is 6.58 Å². The SMILES string of the molecule is C=C1/C=C\C=C/CC(=O)CC[C@@H]1NC(=O)C(F)(F)F. The standard InChI is InChI=1S/C13H14F3NO2/c1-9-5-3-2-4-6-10(18)7-8-11(9)17-12(19)13(14,15)16/h2-5,11H,1,6-8H2,(H,17,19)/b4-2-,5-3-/t11-/m0/s1. The molecule has 0 radical (unpaired) electrons. The van der Waals surface area contributed by atoms with Gasteiger partial charge in [-0.3, -0.25) is 9.59 Å². The van der Waals surface area contributed by atoms with Crippen molar-refractivity contribution < 1.29 is 22.8 Å². The number of carbonyl (C=O) groups is 2. The fourth-order valence-electron chi connectivity index (χ4n) is 1.57. The number of hydrogen-bond donors (Lipinski definition) is 1. The zero-order valence-corrected chi connectivity index (χ0v) is 10.2. The molecule has 19 heavy (non-hydrogen) atoms. The second-order valence-corrected chi connectivity index (χ2v) is 4.17. The summed E-state index contributed by atoms with van der Waals surface area (Å²) in [7, 11) is 0. The van der Waals surface area contributed by atoms with E-state index in [1.54, 1.807) is 18.2 Å². The Kier molecular flexibility index (Phi) is 5.09. The summed E-state index contributed by atoms with van der Waals surface area (Å²) in [5, 5.41) is 1.85. The molecule has 1 amide bonds. The van der Waals surface area contributed by atoms with Crippen LogP contribution < -0.4 is 5.32 Å². The van der Waals surface area contributed by atoms with Crippen molar-refractivity contribution in [2.75, 3.05) is 0 Å². The fourth-order valence-corrected chi connectivity index (χ4v) is 1.57. The summed E-state index contributed by atoms with van der Waals surface area (Å²) in [5.41, 5.74) is 0.331. The van der Waals surface area contributed by atoms with Crippen molar-refractivity contribution in [2.24, 2.45) is 0 Å². The Hall–Kier alpha value is -1.85. The number of halogens is 3. The summed E-state index contributed by atoms with van der Waals surface area (Å²) in [4.78, 5) is 22.3. The van der Waals surface area contributed by atoms with Gasteiger partial charge in [0, 0.05) is 12.8 Å². The first-order valence-corrected chi connectivity index (χ1v) is 5.72. The molecule has 0 saturated carbocycles. The van der Waals surface area contributed by atoms with Crippen LogP contribution in [0.3, 0.4) is 0 Å². The lowest BCUT2D eigenvalue weighted by molar-refractivity contribution is -0.174. The third-order valence-electron chi connectivity index (χ3n) is 2.63. The van der Waals surface area contributed by atoms with Crippen LogP contribution in [0.25, 0.3) is 0 Å². The molecule has 1 rings (SSSR count). The zero-order chi connectivity index (χ0) is 14.5. The first-order valence-electron chi connectivity index (χ1n) is 5.72. The molecule has 0 aromatic carbocycles. The number of allylic oxidation sites excluding steroid dienone is 3. The van der Waals surface area contributed by atoms with E-state index in [0.29, 0.717) is 5.57 Å². The number of alkyl halides is 3. The van der Waals surface area contributed by atoms with Crippen molar-refractivity contribution in [1.82, 2.24) is 5.32 Å².